The Morgan fingerprint density at radius 1 is 1.14 bits per heavy atom. The fourth-order valence-corrected chi connectivity index (χ4v) is 3.64. The Hall–Kier alpha value is -3.14. The molecule has 8 heteroatoms. The molecule has 2 aromatic carbocycles. The van der Waals surface area contributed by atoms with E-state index in [1.54, 1.807) is 43.5 Å². The molecule has 0 bridgehead atoms. The molecule has 0 unspecified atom stereocenters. The van der Waals surface area contributed by atoms with E-state index in [1.807, 2.05) is 28.7 Å². The second kappa shape index (κ2) is 7.70. The Morgan fingerprint density at radius 2 is 1.93 bits per heavy atom. The summed E-state index contributed by atoms with van der Waals surface area (Å²) in [6, 6.07) is 14.4. The molecule has 0 aliphatic heterocycles. The molecule has 0 radical (unpaired) electrons. The van der Waals surface area contributed by atoms with Gasteiger partial charge in [0.05, 0.1) is 22.3 Å². The van der Waals surface area contributed by atoms with E-state index in [1.165, 1.54) is 22.8 Å². The molecule has 4 rings (SSSR count). The molecule has 6 nitrogen and oxygen atoms in total. The molecule has 0 atom stereocenters. The molecule has 2 heterocycles. The van der Waals surface area contributed by atoms with Crippen molar-refractivity contribution in [2.24, 2.45) is 0 Å². The number of anilines is 1. The van der Waals surface area contributed by atoms with Crippen LogP contribution in [0.5, 0.6) is 0 Å². The van der Waals surface area contributed by atoms with Gasteiger partial charge < -0.3 is 5.32 Å². The molecule has 0 saturated heterocycles. The lowest BCUT2D eigenvalue weighted by Gasteiger charge is -2.13. The molecule has 2 aromatic heterocycles. The predicted molar refractivity (Wildman–Crippen MR) is 117 cm³/mol. The van der Waals surface area contributed by atoms with Crippen molar-refractivity contribution >= 4 is 45.2 Å². The number of amides is 1. The topological polar surface area (TPSA) is 76.9 Å². The van der Waals surface area contributed by atoms with Crippen LogP contribution in [0.3, 0.4) is 0 Å². The minimum atomic E-state index is -0.603. The average molecular weight is 500 g/mol. The molecule has 0 spiro atoms. The van der Waals surface area contributed by atoms with Crippen molar-refractivity contribution in [3.8, 4) is 5.69 Å². The van der Waals surface area contributed by atoms with Crippen molar-refractivity contribution in [1.29, 1.82) is 0 Å². The zero-order valence-corrected chi connectivity index (χ0v) is 17.3. The van der Waals surface area contributed by atoms with E-state index in [2.05, 4.69) is 15.3 Å². The SMILES string of the molecule is Cc1nc2ncccc2c(=O)n1-c1ccc(F)c(NC(=O)c2ccccc2I)c1. The quantitative estimate of drug-likeness (QED) is 0.431. The maximum Gasteiger partial charge on any atom is 0.267 e. The van der Waals surface area contributed by atoms with Crippen LogP contribution in [-0.2, 0) is 0 Å². The van der Waals surface area contributed by atoms with Crippen molar-refractivity contribution in [2.45, 2.75) is 6.92 Å². The highest BCUT2D eigenvalue weighted by atomic mass is 127. The number of hydrogen-bond donors (Lipinski definition) is 1. The summed E-state index contributed by atoms with van der Waals surface area (Å²) < 4.78 is 16.5. The second-order valence-corrected chi connectivity index (χ2v) is 7.43. The average Bonchev–Trinajstić information content (AvgIpc) is 2.70. The van der Waals surface area contributed by atoms with Crippen LogP contribution in [0.25, 0.3) is 16.7 Å². The fraction of sp³-hybridized carbons (Fsp3) is 0.0476. The Morgan fingerprint density at radius 3 is 2.72 bits per heavy atom. The number of benzene rings is 2. The molecule has 0 saturated carbocycles. The van der Waals surface area contributed by atoms with Gasteiger partial charge in [0.15, 0.2) is 5.65 Å². The predicted octanol–water partition coefficient (Wildman–Crippen LogP) is 4.09. The lowest BCUT2D eigenvalue weighted by Crippen LogP contribution is -2.23. The van der Waals surface area contributed by atoms with Gasteiger partial charge >= 0.3 is 0 Å². The number of hydrogen-bond acceptors (Lipinski definition) is 4. The zero-order valence-electron chi connectivity index (χ0n) is 15.2. The Bertz CT molecular complexity index is 1320. The summed E-state index contributed by atoms with van der Waals surface area (Å²) in [5.41, 5.74) is 0.835. The first-order valence-electron chi connectivity index (χ1n) is 8.66. The molecule has 1 amide bonds. The maximum atomic E-state index is 14.4. The van der Waals surface area contributed by atoms with Crippen LogP contribution in [0, 0.1) is 16.3 Å². The minimum Gasteiger partial charge on any atom is -0.319 e. The molecule has 1 N–H and O–H groups in total. The van der Waals surface area contributed by atoms with E-state index in [4.69, 9.17) is 0 Å². The number of rotatable bonds is 3. The van der Waals surface area contributed by atoms with E-state index < -0.39 is 11.7 Å². The van der Waals surface area contributed by atoms with Crippen molar-refractivity contribution < 1.29 is 9.18 Å². The van der Waals surface area contributed by atoms with Gasteiger partial charge in [0.2, 0.25) is 0 Å². The second-order valence-electron chi connectivity index (χ2n) is 6.27. The van der Waals surface area contributed by atoms with Crippen molar-refractivity contribution in [1.82, 2.24) is 14.5 Å². The van der Waals surface area contributed by atoms with E-state index >= 15 is 0 Å². The number of carbonyl (C=O) groups excluding carboxylic acids is 1. The number of aryl methyl sites for hydroxylation is 1. The third-order valence-electron chi connectivity index (χ3n) is 4.39. The molecule has 0 aliphatic rings. The third kappa shape index (κ3) is 3.63. The molecular formula is C21H14FIN4O2. The maximum absolute atomic E-state index is 14.4. The van der Waals surface area contributed by atoms with Gasteiger partial charge in [-0.15, -0.1) is 0 Å². The zero-order chi connectivity index (χ0) is 20.5. The van der Waals surface area contributed by atoms with Gasteiger partial charge in [0, 0.05) is 9.77 Å². The summed E-state index contributed by atoms with van der Waals surface area (Å²) in [4.78, 5) is 34.0. The number of nitrogens with zero attached hydrogens (tertiary/aromatic N) is 3. The Labute approximate surface area is 178 Å². The van der Waals surface area contributed by atoms with Crippen molar-refractivity contribution in [3.05, 3.63) is 91.9 Å². The van der Waals surface area contributed by atoms with Crippen LogP contribution in [-0.4, -0.2) is 20.4 Å². The van der Waals surface area contributed by atoms with Gasteiger partial charge in [-0.3, -0.25) is 14.2 Å². The van der Waals surface area contributed by atoms with Gasteiger partial charge in [-0.2, -0.15) is 0 Å². The van der Waals surface area contributed by atoms with E-state index in [-0.39, 0.29) is 11.2 Å². The summed E-state index contributed by atoms with van der Waals surface area (Å²) >= 11 is 2.05. The third-order valence-corrected chi connectivity index (χ3v) is 5.33. The van der Waals surface area contributed by atoms with E-state index in [9.17, 15) is 14.0 Å². The summed E-state index contributed by atoms with van der Waals surface area (Å²) in [6.45, 7) is 1.67. The lowest BCUT2D eigenvalue weighted by atomic mass is 10.2. The highest BCUT2D eigenvalue weighted by molar-refractivity contribution is 14.1. The number of carbonyl (C=O) groups is 1. The van der Waals surface area contributed by atoms with Gasteiger partial charge in [0.25, 0.3) is 11.5 Å². The normalized spacial score (nSPS) is 10.9. The van der Waals surface area contributed by atoms with Gasteiger partial charge in [-0.1, -0.05) is 12.1 Å². The van der Waals surface area contributed by atoms with Crippen molar-refractivity contribution in [3.63, 3.8) is 0 Å². The highest BCUT2D eigenvalue weighted by Crippen LogP contribution is 2.21. The van der Waals surface area contributed by atoms with E-state index in [0.29, 0.717) is 28.1 Å². The number of aromatic nitrogens is 3. The molecule has 0 aliphatic carbocycles. The molecular weight excluding hydrogens is 486 g/mol. The van der Waals surface area contributed by atoms with Gasteiger partial charge in [0.1, 0.15) is 11.6 Å². The number of fused-ring (bicyclic) bond motifs is 1. The van der Waals surface area contributed by atoms with Crippen LogP contribution in [0.4, 0.5) is 10.1 Å². The van der Waals surface area contributed by atoms with Crippen LogP contribution in [0.2, 0.25) is 0 Å². The minimum absolute atomic E-state index is 0.0234. The smallest absolute Gasteiger partial charge is 0.267 e. The summed E-state index contributed by atoms with van der Waals surface area (Å²) in [5.74, 6) is -0.632. The lowest BCUT2D eigenvalue weighted by molar-refractivity contribution is 0.102. The summed E-state index contributed by atoms with van der Waals surface area (Å²) in [6.07, 6.45) is 1.56. The molecule has 4 aromatic rings. The van der Waals surface area contributed by atoms with E-state index in [0.717, 1.165) is 3.57 Å². The number of halogens is 2. The Balaban J connectivity index is 1.78. The van der Waals surface area contributed by atoms with Crippen LogP contribution in [0.1, 0.15) is 16.2 Å². The van der Waals surface area contributed by atoms with Gasteiger partial charge in [-0.05, 0) is 72.0 Å². The first-order valence-corrected chi connectivity index (χ1v) is 9.74. The molecule has 0 fully saturated rings. The fourth-order valence-electron chi connectivity index (χ4n) is 3.01. The summed E-state index contributed by atoms with van der Waals surface area (Å²) in [5, 5.41) is 2.94. The first-order chi connectivity index (χ1) is 14.0. The number of pyridine rings is 1. The summed E-state index contributed by atoms with van der Waals surface area (Å²) in [7, 11) is 0. The standard InChI is InChI=1S/C21H14FIN4O2/c1-12-25-19-15(6-4-10-24-19)21(29)27(12)13-8-9-16(22)18(11-13)26-20(28)14-5-2-3-7-17(14)23/h2-11H,1H3,(H,26,28). The van der Waals surface area contributed by atoms with Crippen LogP contribution in [0.15, 0.2) is 65.6 Å². The highest BCUT2D eigenvalue weighted by Gasteiger charge is 2.15. The number of nitrogens with one attached hydrogen (secondary N) is 1. The largest absolute Gasteiger partial charge is 0.319 e. The van der Waals surface area contributed by atoms with Crippen molar-refractivity contribution in [2.75, 3.05) is 5.32 Å². The molecule has 144 valence electrons. The monoisotopic (exact) mass is 500 g/mol. The molecule has 29 heavy (non-hydrogen) atoms. The first kappa shape index (κ1) is 19.2. The van der Waals surface area contributed by atoms with Crippen LogP contribution >= 0.6 is 22.6 Å². The van der Waals surface area contributed by atoms with Gasteiger partial charge in [-0.25, -0.2) is 14.4 Å². The van der Waals surface area contributed by atoms with Crippen LogP contribution < -0.4 is 10.9 Å². The Kier molecular flexibility index (Phi) is 5.10.